The maximum Gasteiger partial charge on any atom is 0.313 e. The summed E-state index contributed by atoms with van der Waals surface area (Å²) in [6, 6.07) is 11.1. The molecule has 0 radical (unpaired) electrons. The Balaban J connectivity index is 1.50. The lowest BCUT2D eigenvalue weighted by molar-refractivity contribution is -0.136. The summed E-state index contributed by atoms with van der Waals surface area (Å²) in [6.45, 7) is 0.223. The van der Waals surface area contributed by atoms with E-state index in [1.54, 1.807) is 36.7 Å². The number of sulfonamides is 1. The fraction of sp³-hybridized carbons (Fsp3) is 0.118. The Kier molecular flexibility index (Phi) is 5.19. The summed E-state index contributed by atoms with van der Waals surface area (Å²) >= 11 is 0. The van der Waals surface area contributed by atoms with Gasteiger partial charge in [0.2, 0.25) is 10.0 Å². The quantitative estimate of drug-likeness (QED) is 0.471. The van der Waals surface area contributed by atoms with Crippen LogP contribution in [0.4, 0.5) is 5.69 Å². The molecule has 0 unspecified atom stereocenters. The number of carbonyl (C=O) groups is 2. The van der Waals surface area contributed by atoms with Gasteiger partial charge in [0.15, 0.2) is 0 Å². The van der Waals surface area contributed by atoms with Crippen LogP contribution in [-0.4, -0.2) is 36.7 Å². The molecule has 27 heavy (non-hydrogen) atoms. The van der Waals surface area contributed by atoms with Crippen LogP contribution in [0.5, 0.6) is 0 Å². The number of H-pyrrole nitrogens is 1. The van der Waals surface area contributed by atoms with Crippen LogP contribution in [0.3, 0.4) is 0 Å². The van der Waals surface area contributed by atoms with Crippen LogP contribution in [-0.2, 0) is 26.0 Å². The van der Waals surface area contributed by atoms with Gasteiger partial charge in [-0.05, 0) is 42.3 Å². The minimum atomic E-state index is -3.73. The lowest BCUT2D eigenvalue weighted by atomic mass is 10.1. The Hall–Kier alpha value is -3.24. The zero-order chi connectivity index (χ0) is 19.4. The summed E-state index contributed by atoms with van der Waals surface area (Å²) in [6.07, 6.45) is 1.97. The number of hydrogen-bond acceptors (Lipinski definition) is 5. The van der Waals surface area contributed by atoms with Gasteiger partial charge >= 0.3 is 11.8 Å². The van der Waals surface area contributed by atoms with Gasteiger partial charge in [0, 0.05) is 12.2 Å². The average Bonchev–Trinajstić information content (AvgIpc) is 3.09. The molecule has 5 N–H and O–H groups in total. The first-order valence-corrected chi connectivity index (χ1v) is 9.51. The molecule has 10 heteroatoms. The summed E-state index contributed by atoms with van der Waals surface area (Å²) < 4.78 is 22.4. The van der Waals surface area contributed by atoms with Gasteiger partial charge in [-0.25, -0.2) is 18.5 Å². The highest BCUT2D eigenvalue weighted by atomic mass is 32.2. The number of nitrogens with two attached hydrogens (primary N) is 1. The SMILES string of the molecule is NS(=O)(=O)c1ccc(CCNC(=O)C(=O)Nc2ccc3nc[nH]c3c2)cc1. The molecule has 0 saturated carbocycles. The van der Waals surface area contributed by atoms with Crippen LogP contribution in [0, 0.1) is 0 Å². The summed E-state index contributed by atoms with van der Waals surface area (Å²) in [5.41, 5.74) is 2.78. The van der Waals surface area contributed by atoms with Gasteiger partial charge < -0.3 is 15.6 Å². The maximum absolute atomic E-state index is 12.0. The molecule has 1 aromatic heterocycles. The lowest BCUT2D eigenvalue weighted by Crippen LogP contribution is -2.36. The molecule has 3 aromatic rings. The number of rotatable bonds is 5. The van der Waals surface area contributed by atoms with Gasteiger partial charge in [-0.1, -0.05) is 12.1 Å². The number of primary sulfonamides is 1. The zero-order valence-electron chi connectivity index (χ0n) is 14.1. The van der Waals surface area contributed by atoms with Crippen molar-refractivity contribution in [2.45, 2.75) is 11.3 Å². The first kappa shape index (κ1) is 18.5. The highest BCUT2D eigenvalue weighted by Crippen LogP contribution is 2.15. The molecule has 0 saturated heterocycles. The van der Waals surface area contributed by atoms with E-state index in [4.69, 9.17) is 5.14 Å². The third-order valence-electron chi connectivity index (χ3n) is 3.84. The van der Waals surface area contributed by atoms with Crippen LogP contribution in [0.15, 0.2) is 53.7 Å². The molecule has 140 valence electrons. The number of aromatic nitrogens is 2. The number of carbonyl (C=O) groups excluding carboxylic acids is 2. The molecule has 0 bridgehead atoms. The number of amides is 2. The minimum absolute atomic E-state index is 0.0175. The van der Waals surface area contributed by atoms with Crippen LogP contribution < -0.4 is 15.8 Å². The fourth-order valence-electron chi connectivity index (χ4n) is 2.45. The van der Waals surface area contributed by atoms with Gasteiger partial charge in [0.05, 0.1) is 22.3 Å². The number of fused-ring (bicyclic) bond motifs is 1. The van der Waals surface area contributed by atoms with Crippen LogP contribution >= 0.6 is 0 Å². The van der Waals surface area contributed by atoms with E-state index in [2.05, 4.69) is 20.6 Å². The van der Waals surface area contributed by atoms with Crippen LogP contribution in [0.1, 0.15) is 5.56 Å². The first-order chi connectivity index (χ1) is 12.8. The molecular formula is C17H17N5O4S. The van der Waals surface area contributed by atoms with E-state index >= 15 is 0 Å². The smallest absolute Gasteiger partial charge is 0.313 e. The molecule has 0 spiro atoms. The molecule has 0 aliphatic carbocycles. The second kappa shape index (κ2) is 7.56. The monoisotopic (exact) mass is 387 g/mol. The Labute approximate surface area is 155 Å². The average molecular weight is 387 g/mol. The minimum Gasteiger partial charge on any atom is -0.347 e. The predicted molar refractivity (Wildman–Crippen MR) is 99.3 cm³/mol. The second-order valence-electron chi connectivity index (χ2n) is 5.78. The normalized spacial score (nSPS) is 11.3. The topological polar surface area (TPSA) is 147 Å². The highest BCUT2D eigenvalue weighted by molar-refractivity contribution is 7.89. The molecule has 0 aliphatic rings. The Morgan fingerprint density at radius 3 is 2.52 bits per heavy atom. The number of benzene rings is 2. The molecule has 2 amide bonds. The Morgan fingerprint density at radius 1 is 1.07 bits per heavy atom. The predicted octanol–water partition coefficient (Wildman–Crippen LogP) is 0.508. The molecule has 0 aliphatic heterocycles. The number of anilines is 1. The van der Waals surface area contributed by atoms with E-state index in [0.29, 0.717) is 12.1 Å². The van der Waals surface area contributed by atoms with Crippen molar-refractivity contribution in [3.05, 3.63) is 54.4 Å². The van der Waals surface area contributed by atoms with E-state index in [0.717, 1.165) is 16.6 Å². The highest BCUT2D eigenvalue weighted by Gasteiger charge is 2.14. The molecule has 2 aromatic carbocycles. The summed E-state index contributed by atoms with van der Waals surface area (Å²) in [4.78, 5) is 30.9. The van der Waals surface area contributed by atoms with Crippen molar-refractivity contribution in [3.8, 4) is 0 Å². The fourth-order valence-corrected chi connectivity index (χ4v) is 2.96. The molecule has 3 rings (SSSR count). The summed E-state index contributed by atoms with van der Waals surface area (Å²) in [5.74, 6) is -1.54. The Bertz CT molecular complexity index is 1090. The van der Waals surface area contributed by atoms with E-state index in [9.17, 15) is 18.0 Å². The zero-order valence-corrected chi connectivity index (χ0v) is 14.9. The third kappa shape index (κ3) is 4.68. The van der Waals surface area contributed by atoms with Crippen molar-refractivity contribution in [2.24, 2.45) is 5.14 Å². The summed E-state index contributed by atoms with van der Waals surface area (Å²) in [5, 5.41) is 10.1. The number of aromatic amines is 1. The van der Waals surface area contributed by atoms with E-state index in [-0.39, 0.29) is 11.4 Å². The number of imidazole rings is 1. The molecule has 0 fully saturated rings. The molecular weight excluding hydrogens is 370 g/mol. The van der Waals surface area contributed by atoms with Crippen LogP contribution in [0.2, 0.25) is 0 Å². The maximum atomic E-state index is 12.0. The van der Waals surface area contributed by atoms with Gasteiger partial charge in [-0.3, -0.25) is 9.59 Å². The first-order valence-electron chi connectivity index (χ1n) is 7.97. The third-order valence-corrected chi connectivity index (χ3v) is 4.76. The van der Waals surface area contributed by atoms with Crippen molar-refractivity contribution >= 4 is 38.6 Å². The largest absolute Gasteiger partial charge is 0.347 e. The lowest BCUT2D eigenvalue weighted by Gasteiger charge is -2.07. The number of nitrogens with zero attached hydrogens (tertiary/aromatic N) is 1. The van der Waals surface area contributed by atoms with Crippen molar-refractivity contribution in [2.75, 3.05) is 11.9 Å². The van der Waals surface area contributed by atoms with Gasteiger partial charge in [-0.15, -0.1) is 0 Å². The summed E-state index contributed by atoms with van der Waals surface area (Å²) in [7, 11) is -3.73. The van der Waals surface area contributed by atoms with Gasteiger partial charge in [0.25, 0.3) is 0 Å². The van der Waals surface area contributed by atoms with Crippen molar-refractivity contribution in [1.29, 1.82) is 0 Å². The number of hydrogen-bond donors (Lipinski definition) is 4. The standard InChI is InChI=1S/C17H17N5O4S/c18-27(25,26)13-4-1-11(2-5-13)7-8-19-16(23)17(24)22-12-3-6-14-15(9-12)21-10-20-14/h1-6,9-10H,7-8H2,(H,19,23)(H,20,21)(H,22,24)(H2,18,25,26). The van der Waals surface area contributed by atoms with Gasteiger partial charge in [-0.2, -0.15) is 0 Å². The van der Waals surface area contributed by atoms with Crippen molar-refractivity contribution in [1.82, 2.24) is 15.3 Å². The molecule has 1 heterocycles. The van der Waals surface area contributed by atoms with E-state index in [1.807, 2.05) is 0 Å². The van der Waals surface area contributed by atoms with Gasteiger partial charge in [0.1, 0.15) is 0 Å². The van der Waals surface area contributed by atoms with Crippen molar-refractivity contribution < 1.29 is 18.0 Å². The van der Waals surface area contributed by atoms with Crippen LogP contribution in [0.25, 0.3) is 11.0 Å². The number of nitrogens with one attached hydrogen (secondary N) is 3. The van der Waals surface area contributed by atoms with E-state index in [1.165, 1.54) is 12.1 Å². The Morgan fingerprint density at radius 2 is 1.81 bits per heavy atom. The molecule has 9 nitrogen and oxygen atoms in total. The second-order valence-corrected chi connectivity index (χ2v) is 7.34. The van der Waals surface area contributed by atoms with Crippen molar-refractivity contribution in [3.63, 3.8) is 0 Å². The molecule has 0 atom stereocenters. The van der Waals surface area contributed by atoms with E-state index < -0.39 is 21.8 Å².